The lowest BCUT2D eigenvalue weighted by Gasteiger charge is -2.13. The first-order valence-corrected chi connectivity index (χ1v) is 8.93. The highest BCUT2D eigenvalue weighted by molar-refractivity contribution is 6.30. The number of halogens is 1. The topological polar surface area (TPSA) is 108 Å². The second-order valence-corrected chi connectivity index (χ2v) is 6.45. The van der Waals surface area contributed by atoms with Crippen LogP contribution in [0.15, 0.2) is 54.1 Å². The summed E-state index contributed by atoms with van der Waals surface area (Å²) in [5.74, 6) is -1.68. The Balaban J connectivity index is 1.98. The van der Waals surface area contributed by atoms with Gasteiger partial charge >= 0.3 is 5.97 Å². The monoisotopic (exact) mass is 411 g/mol. The highest BCUT2D eigenvalue weighted by Gasteiger charge is 2.20. The molecule has 7 nitrogen and oxygen atoms in total. The van der Waals surface area contributed by atoms with Gasteiger partial charge in [0.2, 0.25) is 5.91 Å². The van der Waals surface area contributed by atoms with Crippen molar-refractivity contribution in [3.63, 3.8) is 0 Å². The Labute approximate surface area is 172 Å². The Morgan fingerprint density at radius 1 is 1.03 bits per heavy atom. The Morgan fingerprint density at radius 2 is 1.59 bits per heavy atom. The first-order valence-electron chi connectivity index (χ1n) is 8.55. The molecule has 0 bridgehead atoms. The van der Waals surface area contributed by atoms with Gasteiger partial charge in [0, 0.05) is 23.3 Å². The average molecular weight is 412 g/mol. The number of carbonyl (C=O) groups excluding carboxylic acids is 3. The molecule has 0 aliphatic rings. The Kier molecular flexibility index (Phi) is 7.52. The summed E-state index contributed by atoms with van der Waals surface area (Å²) in [5.41, 5.74) is 1.40. The molecule has 0 heterocycles. The molecule has 1 atom stereocenters. The molecule has 0 aromatic heterocycles. The van der Waals surface area contributed by atoms with Crippen LogP contribution < -0.4 is 10.6 Å². The molecule has 0 spiro atoms. The third-order valence-electron chi connectivity index (χ3n) is 3.65. The number of nitrogens with zero attached hydrogens (tertiary/aromatic N) is 1. The highest BCUT2D eigenvalue weighted by atomic mass is 35.5. The first-order chi connectivity index (χ1) is 13.8. The number of benzene rings is 2. The summed E-state index contributed by atoms with van der Waals surface area (Å²) in [6, 6.07) is 14.7. The molecule has 2 rings (SSSR count). The van der Waals surface area contributed by atoms with E-state index in [1.54, 1.807) is 54.6 Å². The van der Waals surface area contributed by atoms with Crippen LogP contribution in [0.2, 0.25) is 5.02 Å². The lowest BCUT2D eigenvalue weighted by atomic mass is 10.1. The van der Waals surface area contributed by atoms with E-state index in [0.717, 1.165) is 0 Å². The SMILES string of the molecule is CC(=O)Nc1ccc(NC(=O)C(C)OC(=O)C(C#N)=Cc2ccc(Cl)cc2)cc1. The number of nitriles is 1. The van der Waals surface area contributed by atoms with Gasteiger partial charge in [-0.3, -0.25) is 9.59 Å². The summed E-state index contributed by atoms with van der Waals surface area (Å²) >= 11 is 5.81. The summed E-state index contributed by atoms with van der Waals surface area (Å²) < 4.78 is 5.08. The molecule has 2 amide bonds. The van der Waals surface area contributed by atoms with Crippen molar-refractivity contribution >= 4 is 46.8 Å². The largest absolute Gasteiger partial charge is 0.448 e. The quantitative estimate of drug-likeness (QED) is 0.427. The fourth-order valence-corrected chi connectivity index (χ4v) is 2.35. The Morgan fingerprint density at radius 3 is 2.10 bits per heavy atom. The molecule has 2 aromatic rings. The van der Waals surface area contributed by atoms with Crippen molar-refractivity contribution in [2.24, 2.45) is 0 Å². The van der Waals surface area contributed by atoms with Crippen LogP contribution in [0.3, 0.4) is 0 Å². The van der Waals surface area contributed by atoms with E-state index in [4.69, 9.17) is 16.3 Å². The zero-order valence-corrected chi connectivity index (χ0v) is 16.5. The van der Waals surface area contributed by atoms with Gasteiger partial charge in [0.1, 0.15) is 11.6 Å². The summed E-state index contributed by atoms with van der Waals surface area (Å²) in [4.78, 5) is 35.5. The highest BCUT2D eigenvalue weighted by Crippen LogP contribution is 2.15. The molecule has 0 saturated heterocycles. The van der Waals surface area contributed by atoms with Crippen LogP contribution in [0.5, 0.6) is 0 Å². The van der Waals surface area contributed by atoms with Crippen LogP contribution in [0, 0.1) is 11.3 Å². The molecule has 0 aliphatic heterocycles. The van der Waals surface area contributed by atoms with Crippen molar-refractivity contribution < 1.29 is 19.1 Å². The fraction of sp³-hybridized carbons (Fsp3) is 0.143. The van der Waals surface area contributed by atoms with Crippen LogP contribution in [-0.4, -0.2) is 23.9 Å². The summed E-state index contributed by atoms with van der Waals surface area (Å²) in [5, 5.41) is 14.9. The van der Waals surface area contributed by atoms with Crippen LogP contribution in [0.4, 0.5) is 11.4 Å². The summed E-state index contributed by atoms with van der Waals surface area (Å²) in [6.07, 6.45) is 0.226. The van der Waals surface area contributed by atoms with Gasteiger partial charge in [0.25, 0.3) is 5.91 Å². The molecule has 0 aliphatic carbocycles. The lowest BCUT2D eigenvalue weighted by Crippen LogP contribution is -2.30. The summed E-state index contributed by atoms with van der Waals surface area (Å²) in [6.45, 7) is 2.79. The average Bonchev–Trinajstić information content (AvgIpc) is 2.68. The van der Waals surface area contributed by atoms with Gasteiger partial charge in [0.15, 0.2) is 6.10 Å². The van der Waals surface area contributed by atoms with Gasteiger partial charge < -0.3 is 15.4 Å². The minimum Gasteiger partial charge on any atom is -0.448 e. The van der Waals surface area contributed by atoms with Gasteiger partial charge in [-0.15, -0.1) is 0 Å². The van der Waals surface area contributed by atoms with Gasteiger partial charge in [-0.1, -0.05) is 23.7 Å². The molecule has 148 valence electrons. The molecule has 29 heavy (non-hydrogen) atoms. The number of hydrogen-bond acceptors (Lipinski definition) is 5. The minimum absolute atomic E-state index is 0.206. The van der Waals surface area contributed by atoms with Crippen molar-refractivity contribution in [3.8, 4) is 6.07 Å². The number of rotatable bonds is 6. The minimum atomic E-state index is -1.13. The lowest BCUT2D eigenvalue weighted by molar-refractivity contribution is -0.148. The van der Waals surface area contributed by atoms with E-state index < -0.39 is 18.0 Å². The van der Waals surface area contributed by atoms with E-state index in [9.17, 15) is 19.6 Å². The standard InChI is InChI=1S/C21H18ClN3O4/c1-13(20(27)25-19-9-7-18(8-10-19)24-14(2)26)29-21(28)16(12-23)11-15-3-5-17(22)6-4-15/h3-11,13H,1-2H3,(H,24,26)(H,25,27). The van der Waals surface area contributed by atoms with E-state index in [0.29, 0.717) is 22.0 Å². The van der Waals surface area contributed by atoms with Crippen LogP contribution in [-0.2, 0) is 19.1 Å². The normalized spacial score (nSPS) is 11.7. The Hall–Kier alpha value is -3.63. The number of hydrogen-bond donors (Lipinski definition) is 2. The number of anilines is 2. The Bertz CT molecular complexity index is 976. The molecular weight excluding hydrogens is 394 g/mol. The maximum Gasteiger partial charge on any atom is 0.349 e. The third-order valence-corrected chi connectivity index (χ3v) is 3.90. The van der Waals surface area contributed by atoms with E-state index in [1.807, 2.05) is 0 Å². The molecule has 0 saturated carbocycles. The second-order valence-electron chi connectivity index (χ2n) is 6.02. The number of nitrogens with one attached hydrogen (secondary N) is 2. The van der Waals surface area contributed by atoms with E-state index in [1.165, 1.54) is 19.9 Å². The molecule has 0 radical (unpaired) electrons. The van der Waals surface area contributed by atoms with Gasteiger partial charge in [-0.05, 0) is 55.0 Å². The van der Waals surface area contributed by atoms with Crippen molar-refractivity contribution in [2.45, 2.75) is 20.0 Å². The predicted molar refractivity (Wildman–Crippen MR) is 110 cm³/mol. The van der Waals surface area contributed by atoms with Crippen molar-refractivity contribution in [1.29, 1.82) is 5.26 Å². The van der Waals surface area contributed by atoms with E-state index in [2.05, 4.69) is 10.6 Å². The molecule has 1 unspecified atom stereocenters. The third kappa shape index (κ3) is 6.79. The van der Waals surface area contributed by atoms with E-state index in [-0.39, 0.29) is 11.5 Å². The van der Waals surface area contributed by atoms with Crippen LogP contribution in [0.25, 0.3) is 6.08 Å². The van der Waals surface area contributed by atoms with E-state index >= 15 is 0 Å². The zero-order chi connectivity index (χ0) is 21.4. The number of esters is 1. The van der Waals surface area contributed by atoms with Gasteiger partial charge in [-0.25, -0.2) is 4.79 Å². The molecular formula is C21H18ClN3O4. The van der Waals surface area contributed by atoms with Crippen molar-refractivity contribution in [2.75, 3.05) is 10.6 Å². The molecule has 0 fully saturated rings. The zero-order valence-electron chi connectivity index (χ0n) is 15.7. The van der Waals surface area contributed by atoms with Gasteiger partial charge in [-0.2, -0.15) is 5.26 Å². The predicted octanol–water partition coefficient (Wildman–Crippen LogP) is 3.78. The number of ether oxygens (including phenoxy) is 1. The maximum atomic E-state index is 12.2. The smallest absolute Gasteiger partial charge is 0.349 e. The van der Waals surface area contributed by atoms with Crippen molar-refractivity contribution in [3.05, 3.63) is 64.7 Å². The van der Waals surface area contributed by atoms with Crippen molar-refractivity contribution in [1.82, 2.24) is 0 Å². The fourth-order valence-electron chi connectivity index (χ4n) is 2.22. The number of amides is 2. The molecule has 8 heteroatoms. The van der Waals surface area contributed by atoms with Crippen LogP contribution in [0.1, 0.15) is 19.4 Å². The molecule has 2 N–H and O–H groups in total. The maximum absolute atomic E-state index is 12.2. The van der Waals surface area contributed by atoms with Crippen LogP contribution >= 0.6 is 11.6 Å². The first kappa shape index (κ1) is 21.7. The molecule has 2 aromatic carbocycles. The summed E-state index contributed by atoms with van der Waals surface area (Å²) in [7, 11) is 0. The number of carbonyl (C=O) groups is 3. The second kappa shape index (κ2) is 10.1. The van der Waals surface area contributed by atoms with Gasteiger partial charge in [0.05, 0.1) is 0 Å².